The molecule has 0 aliphatic heterocycles. The lowest BCUT2D eigenvalue weighted by Crippen LogP contribution is -2.05. The van der Waals surface area contributed by atoms with E-state index in [2.05, 4.69) is 11.4 Å². The molecule has 1 aromatic carbocycles. The minimum Gasteiger partial charge on any atom is -0.384 e. The van der Waals surface area contributed by atoms with Crippen molar-refractivity contribution in [2.24, 2.45) is 0 Å². The molecule has 0 bridgehead atoms. The van der Waals surface area contributed by atoms with Crippen LogP contribution in [0.4, 0.5) is 14.5 Å². The number of halogens is 2. The van der Waals surface area contributed by atoms with E-state index in [1.54, 1.807) is 23.5 Å². The Labute approximate surface area is 113 Å². The van der Waals surface area contributed by atoms with Crippen LogP contribution in [0.15, 0.2) is 46.7 Å². The monoisotopic (exact) mass is 285 g/mol. The number of hydrogen-bond donors (Lipinski definition) is 1. The van der Waals surface area contributed by atoms with Crippen molar-refractivity contribution >= 4 is 28.8 Å². The lowest BCUT2D eigenvalue weighted by atomic mass is 10.3. The Hall–Kier alpha value is -1.07. The van der Waals surface area contributed by atoms with Gasteiger partial charge >= 0.3 is 0 Å². The molecule has 0 spiro atoms. The number of rotatable bonds is 6. The molecule has 0 saturated carbocycles. The first-order chi connectivity index (χ1) is 8.75. The Morgan fingerprint density at radius 1 is 1.17 bits per heavy atom. The summed E-state index contributed by atoms with van der Waals surface area (Å²) in [5.74, 6) is -2.38. The van der Waals surface area contributed by atoms with Crippen LogP contribution in [0.3, 0.4) is 0 Å². The maximum Gasteiger partial charge on any atom is 0.288 e. The van der Waals surface area contributed by atoms with Crippen molar-refractivity contribution in [2.45, 2.75) is 17.1 Å². The van der Waals surface area contributed by atoms with Crippen molar-refractivity contribution in [3.63, 3.8) is 0 Å². The molecule has 96 valence electrons. The summed E-state index contributed by atoms with van der Waals surface area (Å²) < 4.78 is 24.8. The summed E-state index contributed by atoms with van der Waals surface area (Å²) in [7, 11) is 0. The van der Waals surface area contributed by atoms with Gasteiger partial charge < -0.3 is 5.32 Å². The average molecular weight is 285 g/mol. The third kappa shape index (κ3) is 3.99. The summed E-state index contributed by atoms with van der Waals surface area (Å²) in [6, 6.07) is 11.3. The van der Waals surface area contributed by atoms with Gasteiger partial charge in [0.05, 0.1) is 0 Å². The van der Waals surface area contributed by atoms with Crippen molar-refractivity contribution in [1.29, 1.82) is 0 Å². The lowest BCUT2D eigenvalue weighted by molar-refractivity contribution is 0.252. The van der Waals surface area contributed by atoms with E-state index >= 15 is 0 Å². The van der Waals surface area contributed by atoms with Gasteiger partial charge in [-0.3, -0.25) is 0 Å². The van der Waals surface area contributed by atoms with Crippen LogP contribution in [0.5, 0.6) is 0 Å². The van der Waals surface area contributed by atoms with E-state index in [4.69, 9.17) is 0 Å². The molecule has 1 aromatic heterocycles. The van der Waals surface area contributed by atoms with E-state index in [0.717, 1.165) is 18.7 Å². The number of anilines is 1. The Kier molecular flexibility index (Phi) is 5.01. The normalized spacial score (nSPS) is 10.8. The van der Waals surface area contributed by atoms with Crippen LogP contribution in [-0.2, 0) is 6.42 Å². The van der Waals surface area contributed by atoms with Gasteiger partial charge in [-0.25, -0.2) is 0 Å². The van der Waals surface area contributed by atoms with Gasteiger partial charge in [0.25, 0.3) is 5.76 Å². The van der Waals surface area contributed by atoms with Crippen LogP contribution in [0.25, 0.3) is 0 Å². The highest BCUT2D eigenvalue weighted by Gasteiger charge is 2.09. The molecule has 0 atom stereocenters. The molecule has 1 heterocycles. The fourth-order valence-corrected chi connectivity index (χ4v) is 2.91. The molecule has 1 N–H and O–H groups in total. The fourth-order valence-electron chi connectivity index (χ4n) is 1.59. The second-order valence-corrected chi connectivity index (χ2v) is 5.69. The molecule has 1 nitrogen and oxygen atoms in total. The molecule has 0 amide bonds. The third-order valence-corrected chi connectivity index (χ3v) is 4.09. The van der Waals surface area contributed by atoms with Crippen LogP contribution >= 0.6 is 23.1 Å². The highest BCUT2D eigenvalue weighted by molar-refractivity contribution is 7.99. The quantitative estimate of drug-likeness (QED) is 0.771. The van der Waals surface area contributed by atoms with Gasteiger partial charge in [-0.05, 0) is 30.0 Å². The van der Waals surface area contributed by atoms with Crippen molar-refractivity contribution in [3.8, 4) is 0 Å². The molecule has 0 fully saturated rings. The van der Waals surface area contributed by atoms with E-state index in [0.29, 0.717) is 16.7 Å². The van der Waals surface area contributed by atoms with Crippen LogP contribution in [0.2, 0.25) is 0 Å². The number of nitrogens with one attached hydrogen (secondary N) is 1. The molecule has 5 heteroatoms. The SMILES string of the molecule is FC(F)Sc1ccccc1NCCc1cccs1. The van der Waals surface area contributed by atoms with Crippen LogP contribution in [0, 0.1) is 0 Å². The van der Waals surface area contributed by atoms with Gasteiger partial charge in [0, 0.05) is 22.0 Å². The topological polar surface area (TPSA) is 12.0 Å². The molecule has 18 heavy (non-hydrogen) atoms. The summed E-state index contributed by atoms with van der Waals surface area (Å²) in [5, 5.41) is 5.25. The molecule has 2 rings (SSSR count). The van der Waals surface area contributed by atoms with Crippen molar-refractivity contribution < 1.29 is 8.78 Å². The van der Waals surface area contributed by atoms with E-state index in [1.165, 1.54) is 4.88 Å². The predicted octanol–water partition coefficient (Wildman–Crippen LogP) is 4.72. The molecule has 0 saturated heterocycles. The Balaban J connectivity index is 1.92. The van der Waals surface area contributed by atoms with Crippen molar-refractivity contribution in [1.82, 2.24) is 0 Å². The fraction of sp³-hybridized carbons (Fsp3) is 0.231. The first-order valence-electron chi connectivity index (χ1n) is 5.56. The van der Waals surface area contributed by atoms with Crippen molar-refractivity contribution in [3.05, 3.63) is 46.7 Å². The maximum atomic E-state index is 12.4. The highest BCUT2D eigenvalue weighted by atomic mass is 32.2. The first-order valence-corrected chi connectivity index (χ1v) is 7.32. The zero-order valence-electron chi connectivity index (χ0n) is 9.61. The highest BCUT2D eigenvalue weighted by Crippen LogP contribution is 2.31. The smallest absolute Gasteiger partial charge is 0.288 e. The zero-order valence-corrected chi connectivity index (χ0v) is 11.2. The standard InChI is InChI=1S/C13H13F2NS2/c14-13(15)18-12-6-2-1-5-11(12)16-8-7-10-4-3-9-17-10/h1-6,9,13,16H,7-8H2. The van der Waals surface area contributed by atoms with Gasteiger partial charge in [-0.1, -0.05) is 30.0 Å². The minimum absolute atomic E-state index is 0.580. The Morgan fingerprint density at radius 2 is 2.00 bits per heavy atom. The summed E-state index contributed by atoms with van der Waals surface area (Å²) >= 11 is 2.29. The average Bonchev–Trinajstić information content (AvgIpc) is 2.84. The van der Waals surface area contributed by atoms with E-state index in [9.17, 15) is 8.78 Å². The molecule has 0 aliphatic rings. The number of thiophene rings is 1. The predicted molar refractivity (Wildman–Crippen MR) is 74.8 cm³/mol. The lowest BCUT2D eigenvalue weighted by Gasteiger charge is -2.10. The van der Waals surface area contributed by atoms with E-state index in [1.807, 2.05) is 23.6 Å². The van der Waals surface area contributed by atoms with Gasteiger partial charge in [0.15, 0.2) is 0 Å². The van der Waals surface area contributed by atoms with Crippen LogP contribution in [-0.4, -0.2) is 12.3 Å². The first kappa shape index (κ1) is 13.4. The molecule has 2 aromatic rings. The third-order valence-electron chi connectivity index (χ3n) is 2.37. The number of para-hydroxylation sites is 1. The summed E-state index contributed by atoms with van der Waals surface area (Å²) in [5.41, 5.74) is 0.777. The number of benzene rings is 1. The number of hydrogen-bond acceptors (Lipinski definition) is 3. The largest absolute Gasteiger partial charge is 0.384 e. The Bertz CT molecular complexity index is 472. The van der Waals surface area contributed by atoms with Gasteiger partial charge in [0.2, 0.25) is 0 Å². The Morgan fingerprint density at radius 3 is 2.72 bits per heavy atom. The molecule has 0 radical (unpaired) electrons. The second kappa shape index (κ2) is 6.75. The molecular weight excluding hydrogens is 272 g/mol. The summed E-state index contributed by atoms with van der Waals surface area (Å²) in [6.45, 7) is 0.751. The second-order valence-electron chi connectivity index (χ2n) is 3.63. The zero-order chi connectivity index (χ0) is 12.8. The van der Waals surface area contributed by atoms with E-state index < -0.39 is 5.76 Å². The van der Waals surface area contributed by atoms with Crippen molar-refractivity contribution in [2.75, 3.05) is 11.9 Å². The maximum absolute atomic E-state index is 12.4. The van der Waals surface area contributed by atoms with Crippen LogP contribution in [0.1, 0.15) is 4.88 Å². The molecular formula is C13H13F2NS2. The van der Waals surface area contributed by atoms with Crippen LogP contribution < -0.4 is 5.32 Å². The molecule has 0 unspecified atom stereocenters. The number of alkyl halides is 2. The van der Waals surface area contributed by atoms with Gasteiger partial charge in [-0.15, -0.1) is 11.3 Å². The van der Waals surface area contributed by atoms with Gasteiger partial charge in [-0.2, -0.15) is 8.78 Å². The van der Waals surface area contributed by atoms with E-state index in [-0.39, 0.29) is 0 Å². The molecule has 0 aliphatic carbocycles. The number of thioether (sulfide) groups is 1. The summed E-state index contributed by atoms with van der Waals surface area (Å²) in [6.07, 6.45) is 0.908. The van der Waals surface area contributed by atoms with Gasteiger partial charge in [0.1, 0.15) is 0 Å². The summed E-state index contributed by atoms with van der Waals surface area (Å²) in [4.78, 5) is 1.89. The minimum atomic E-state index is -2.38.